The summed E-state index contributed by atoms with van der Waals surface area (Å²) in [5.41, 5.74) is 2.11. The van der Waals surface area contributed by atoms with E-state index in [1.165, 1.54) is 0 Å². The van der Waals surface area contributed by atoms with Crippen molar-refractivity contribution in [3.05, 3.63) is 58.6 Å². The van der Waals surface area contributed by atoms with Crippen LogP contribution in [0.1, 0.15) is 16.8 Å². The highest BCUT2D eigenvalue weighted by Crippen LogP contribution is 2.14. The van der Waals surface area contributed by atoms with E-state index < -0.39 is 0 Å². The second-order valence-electron chi connectivity index (χ2n) is 5.98. The zero-order valence-corrected chi connectivity index (χ0v) is 14.3. The van der Waals surface area contributed by atoms with Crippen molar-refractivity contribution in [2.45, 2.75) is 13.0 Å². The number of amides is 1. The third-order valence-electron chi connectivity index (χ3n) is 3.98. The number of aromatic nitrogens is 3. The number of benzene rings is 1. The average Bonchev–Trinajstić information content (AvgIpc) is 2.93. The number of H-pyrrole nitrogens is 1. The molecule has 0 bridgehead atoms. The molecule has 0 radical (unpaired) electrons. The van der Waals surface area contributed by atoms with Gasteiger partial charge in [0.25, 0.3) is 5.91 Å². The molecule has 0 aliphatic carbocycles. The number of nitrogens with one attached hydrogen (secondary N) is 2. The lowest BCUT2D eigenvalue weighted by molar-refractivity contribution is 0.0953. The molecule has 3 rings (SSSR count). The van der Waals surface area contributed by atoms with Gasteiger partial charge < -0.3 is 15.2 Å². The number of para-hydroxylation sites is 2. The van der Waals surface area contributed by atoms with Crippen LogP contribution in [0.4, 0.5) is 5.82 Å². The molecule has 25 heavy (non-hydrogen) atoms. The molecule has 0 aliphatic heterocycles. The second kappa shape index (κ2) is 7.21. The second-order valence-corrected chi connectivity index (χ2v) is 5.98. The van der Waals surface area contributed by atoms with Gasteiger partial charge in [0, 0.05) is 33.4 Å². The van der Waals surface area contributed by atoms with Gasteiger partial charge in [0.1, 0.15) is 5.82 Å². The number of aromatic amines is 1. The number of hydrogen-bond donors (Lipinski definition) is 2. The topological polar surface area (TPSA) is 83.0 Å². The molecule has 0 aliphatic rings. The first-order valence-corrected chi connectivity index (χ1v) is 8.16. The number of fused-ring (bicyclic) bond motifs is 1. The first-order valence-electron chi connectivity index (χ1n) is 8.16. The highest BCUT2D eigenvalue weighted by Gasteiger charge is 2.13. The van der Waals surface area contributed by atoms with Crippen molar-refractivity contribution in [3.8, 4) is 0 Å². The lowest BCUT2D eigenvalue weighted by atomic mass is 10.2. The van der Waals surface area contributed by atoms with Crippen LogP contribution >= 0.6 is 0 Å². The molecule has 7 heteroatoms. The van der Waals surface area contributed by atoms with E-state index >= 15 is 0 Å². The molecule has 2 heterocycles. The molecule has 1 amide bonds. The van der Waals surface area contributed by atoms with Crippen molar-refractivity contribution in [2.24, 2.45) is 0 Å². The Morgan fingerprint density at radius 1 is 1.24 bits per heavy atom. The summed E-state index contributed by atoms with van der Waals surface area (Å²) in [7, 11) is 3.70. The number of hydrogen-bond acceptors (Lipinski definition) is 4. The van der Waals surface area contributed by atoms with Crippen LogP contribution in [0.25, 0.3) is 11.0 Å². The Labute approximate surface area is 145 Å². The number of anilines is 1. The summed E-state index contributed by atoms with van der Waals surface area (Å²) in [5, 5.41) is 2.89. The van der Waals surface area contributed by atoms with Crippen molar-refractivity contribution in [3.63, 3.8) is 0 Å². The minimum atomic E-state index is -0.164. The Hall–Kier alpha value is -3.09. The highest BCUT2D eigenvalue weighted by molar-refractivity contribution is 5.98. The molecular formula is C18H21N5O2. The molecular weight excluding hydrogens is 318 g/mol. The maximum Gasteiger partial charge on any atom is 0.326 e. The lowest BCUT2D eigenvalue weighted by Crippen LogP contribution is -2.28. The molecule has 3 aromatic rings. The van der Waals surface area contributed by atoms with Crippen molar-refractivity contribution in [2.75, 3.05) is 25.5 Å². The molecule has 1 aromatic carbocycles. The summed E-state index contributed by atoms with van der Waals surface area (Å²) < 4.78 is 1.69. The van der Waals surface area contributed by atoms with Gasteiger partial charge in [-0.25, -0.2) is 9.78 Å². The van der Waals surface area contributed by atoms with Gasteiger partial charge in [-0.2, -0.15) is 0 Å². The summed E-state index contributed by atoms with van der Waals surface area (Å²) in [6.45, 7) is 1.02. The van der Waals surface area contributed by atoms with Crippen molar-refractivity contribution < 1.29 is 4.79 Å². The first kappa shape index (κ1) is 16.8. The van der Waals surface area contributed by atoms with Gasteiger partial charge >= 0.3 is 5.69 Å². The predicted molar refractivity (Wildman–Crippen MR) is 98.1 cm³/mol. The van der Waals surface area contributed by atoms with Crippen LogP contribution in [0.5, 0.6) is 0 Å². The number of nitrogens with zero attached hydrogens (tertiary/aromatic N) is 3. The van der Waals surface area contributed by atoms with E-state index in [2.05, 4.69) is 15.3 Å². The maximum atomic E-state index is 12.4. The SMILES string of the molecule is CN(C)c1ncccc1C(=O)NCCCn1c(=O)[nH]c2ccccc21. The fourth-order valence-electron chi connectivity index (χ4n) is 2.79. The van der Waals surface area contributed by atoms with Crippen LogP contribution in [-0.4, -0.2) is 41.1 Å². The summed E-state index contributed by atoms with van der Waals surface area (Å²) in [5.74, 6) is 0.468. The number of rotatable bonds is 6. The molecule has 0 atom stereocenters. The summed E-state index contributed by atoms with van der Waals surface area (Å²) in [4.78, 5) is 33.2. The van der Waals surface area contributed by atoms with E-state index in [4.69, 9.17) is 0 Å². The van der Waals surface area contributed by atoms with E-state index in [0.717, 1.165) is 11.0 Å². The zero-order chi connectivity index (χ0) is 17.8. The number of aryl methyl sites for hydroxylation is 1. The Morgan fingerprint density at radius 2 is 2.04 bits per heavy atom. The van der Waals surface area contributed by atoms with Crippen molar-refractivity contribution in [1.82, 2.24) is 19.9 Å². The largest absolute Gasteiger partial charge is 0.362 e. The van der Waals surface area contributed by atoms with Gasteiger partial charge in [0.2, 0.25) is 0 Å². The number of carbonyl (C=O) groups is 1. The summed E-state index contributed by atoms with van der Waals surface area (Å²) in [6.07, 6.45) is 2.32. The Morgan fingerprint density at radius 3 is 2.84 bits per heavy atom. The van der Waals surface area contributed by atoms with E-state index in [1.54, 1.807) is 27.8 Å². The van der Waals surface area contributed by atoms with Gasteiger partial charge in [-0.1, -0.05) is 12.1 Å². The van der Waals surface area contributed by atoms with E-state index in [0.29, 0.717) is 30.9 Å². The van der Waals surface area contributed by atoms with E-state index in [-0.39, 0.29) is 11.6 Å². The Balaban J connectivity index is 1.61. The highest BCUT2D eigenvalue weighted by atomic mass is 16.2. The molecule has 0 fully saturated rings. The quantitative estimate of drug-likeness (QED) is 0.669. The molecule has 2 N–H and O–H groups in total. The minimum Gasteiger partial charge on any atom is -0.362 e. The Bertz CT molecular complexity index is 942. The van der Waals surface area contributed by atoms with Gasteiger partial charge in [0.15, 0.2) is 0 Å². The predicted octanol–water partition coefficient (Wildman–Crippen LogP) is 1.61. The molecule has 0 saturated heterocycles. The van der Waals surface area contributed by atoms with E-state index in [9.17, 15) is 9.59 Å². The van der Waals surface area contributed by atoms with Crippen molar-refractivity contribution >= 4 is 22.8 Å². The molecule has 7 nitrogen and oxygen atoms in total. The fraction of sp³-hybridized carbons (Fsp3) is 0.278. The van der Waals surface area contributed by atoms with Crippen LogP contribution in [0.15, 0.2) is 47.4 Å². The monoisotopic (exact) mass is 339 g/mol. The third-order valence-corrected chi connectivity index (χ3v) is 3.98. The fourth-order valence-corrected chi connectivity index (χ4v) is 2.79. The number of carbonyl (C=O) groups excluding carboxylic acids is 1. The average molecular weight is 339 g/mol. The first-order chi connectivity index (χ1) is 12.1. The third kappa shape index (κ3) is 3.55. The van der Waals surface area contributed by atoms with Gasteiger partial charge in [-0.05, 0) is 30.7 Å². The Kier molecular flexibility index (Phi) is 4.83. The van der Waals surface area contributed by atoms with Crippen LogP contribution in [0.3, 0.4) is 0 Å². The van der Waals surface area contributed by atoms with Crippen LogP contribution in [0.2, 0.25) is 0 Å². The van der Waals surface area contributed by atoms with Gasteiger partial charge in [-0.3, -0.25) is 9.36 Å². The molecule has 0 saturated carbocycles. The number of imidazole rings is 1. The minimum absolute atomic E-state index is 0.130. The zero-order valence-electron chi connectivity index (χ0n) is 14.3. The van der Waals surface area contributed by atoms with Crippen LogP contribution < -0.4 is 15.9 Å². The summed E-state index contributed by atoms with van der Waals surface area (Å²) in [6, 6.07) is 11.1. The number of pyridine rings is 1. The van der Waals surface area contributed by atoms with E-state index in [1.807, 2.05) is 38.4 Å². The van der Waals surface area contributed by atoms with Gasteiger partial charge in [-0.15, -0.1) is 0 Å². The van der Waals surface area contributed by atoms with Gasteiger partial charge in [0.05, 0.1) is 16.6 Å². The summed E-state index contributed by atoms with van der Waals surface area (Å²) >= 11 is 0. The maximum absolute atomic E-state index is 12.4. The molecule has 130 valence electrons. The normalized spacial score (nSPS) is 10.8. The molecule has 2 aromatic heterocycles. The standard InChI is InChI=1S/C18H21N5O2/c1-22(2)16-13(7-5-10-19-16)17(24)20-11-6-12-23-15-9-4-3-8-14(15)21-18(23)25/h3-5,7-10H,6,11-12H2,1-2H3,(H,20,24)(H,21,25). The molecule has 0 spiro atoms. The smallest absolute Gasteiger partial charge is 0.326 e. The van der Waals surface area contributed by atoms with Crippen LogP contribution in [0, 0.1) is 0 Å². The van der Waals surface area contributed by atoms with Crippen LogP contribution in [-0.2, 0) is 6.54 Å². The lowest BCUT2D eigenvalue weighted by Gasteiger charge is -2.15. The molecule has 0 unspecified atom stereocenters. The van der Waals surface area contributed by atoms with Crippen molar-refractivity contribution in [1.29, 1.82) is 0 Å².